The van der Waals surface area contributed by atoms with Crippen molar-refractivity contribution in [2.45, 2.75) is 95.2 Å². The summed E-state index contributed by atoms with van der Waals surface area (Å²) in [5, 5.41) is 0.454. The molecule has 2 heterocycles. The summed E-state index contributed by atoms with van der Waals surface area (Å²) in [6, 6.07) is 13.4. The monoisotopic (exact) mass is 520 g/mol. The Morgan fingerprint density at radius 3 is 2.61 bits per heavy atom. The van der Waals surface area contributed by atoms with Gasteiger partial charge in [0.1, 0.15) is 5.15 Å². The number of hydrogen-bond acceptors (Lipinski definition) is 2. The highest BCUT2D eigenvalue weighted by atomic mass is 35.5. The Hall–Kier alpha value is -2.08. The molecule has 0 N–H and O–H groups in total. The molecule has 1 aliphatic heterocycles. The first-order valence-electron chi connectivity index (χ1n) is 13.3. The van der Waals surface area contributed by atoms with E-state index in [9.17, 15) is 18.0 Å². The van der Waals surface area contributed by atoms with E-state index in [0.29, 0.717) is 24.5 Å². The molecule has 4 atom stereocenters. The van der Waals surface area contributed by atoms with Crippen molar-refractivity contribution in [1.82, 2.24) is 9.88 Å². The largest absolute Gasteiger partial charge is 0.389 e. The Labute approximate surface area is 217 Å². The summed E-state index contributed by atoms with van der Waals surface area (Å²) < 4.78 is 39.8. The number of likely N-dealkylation sites (tertiary alicyclic amines) is 1. The molecule has 1 saturated heterocycles. The smallest absolute Gasteiger partial charge is 0.339 e. The Bertz CT molecular complexity index is 1040. The third-order valence-electron chi connectivity index (χ3n) is 8.55. The molecular formula is C29H36ClF3N2O. The summed E-state index contributed by atoms with van der Waals surface area (Å²) >= 11 is 6.19. The number of hydrogen-bond donors (Lipinski definition) is 0. The maximum absolute atomic E-state index is 14.2. The van der Waals surface area contributed by atoms with Crippen molar-refractivity contribution in [3.63, 3.8) is 0 Å². The van der Waals surface area contributed by atoms with Crippen LogP contribution in [0.1, 0.15) is 88.0 Å². The number of amides is 1. The van der Waals surface area contributed by atoms with Crippen molar-refractivity contribution in [2.75, 3.05) is 6.54 Å². The normalized spacial score (nSPS) is 25.3. The van der Waals surface area contributed by atoms with Crippen LogP contribution in [0.15, 0.2) is 42.5 Å². The van der Waals surface area contributed by atoms with Gasteiger partial charge < -0.3 is 4.90 Å². The lowest BCUT2D eigenvalue weighted by molar-refractivity contribution is -0.150. The molecule has 1 unspecified atom stereocenters. The van der Waals surface area contributed by atoms with Crippen LogP contribution in [-0.2, 0) is 16.6 Å². The number of aryl methyl sites for hydroxylation is 1. The highest BCUT2D eigenvalue weighted by Crippen LogP contribution is 2.48. The number of carbonyl (C=O) groups is 1. The van der Waals surface area contributed by atoms with Gasteiger partial charge in [0.2, 0.25) is 5.91 Å². The molecule has 0 radical (unpaired) electrons. The summed E-state index contributed by atoms with van der Waals surface area (Å²) in [5.41, 5.74) is 2.81. The summed E-state index contributed by atoms with van der Waals surface area (Å²) in [7, 11) is 0. The zero-order valence-electron chi connectivity index (χ0n) is 21.2. The topological polar surface area (TPSA) is 33.2 Å². The van der Waals surface area contributed by atoms with Crippen LogP contribution < -0.4 is 0 Å². The highest BCUT2D eigenvalue weighted by Gasteiger charge is 2.48. The Balaban J connectivity index is 1.64. The summed E-state index contributed by atoms with van der Waals surface area (Å²) in [6.45, 7) is 4.63. The van der Waals surface area contributed by atoms with Gasteiger partial charge >= 0.3 is 6.18 Å². The fourth-order valence-electron chi connectivity index (χ4n) is 6.78. The van der Waals surface area contributed by atoms with E-state index in [-0.39, 0.29) is 29.6 Å². The summed E-state index contributed by atoms with van der Waals surface area (Å²) in [5.74, 6) is -0.137. The predicted octanol–water partition coefficient (Wildman–Crippen LogP) is 7.86. The molecule has 1 fully saturated rings. The van der Waals surface area contributed by atoms with Crippen molar-refractivity contribution >= 4 is 17.5 Å². The Morgan fingerprint density at radius 1 is 1.19 bits per heavy atom. The molecule has 7 heteroatoms. The van der Waals surface area contributed by atoms with Crippen molar-refractivity contribution in [1.29, 1.82) is 0 Å². The first-order valence-corrected chi connectivity index (χ1v) is 13.6. The minimum absolute atomic E-state index is 0.000774. The number of carbonyl (C=O) groups excluding carboxylic acids is 1. The maximum Gasteiger partial charge on any atom is 0.389 e. The Morgan fingerprint density at radius 2 is 1.94 bits per heavy atom. The number of rotatable bonds is 7. The van der Waals surface area contributed by atoms with Crippen molar-refractivity contribution in [3.8, 4) is 0 Å². The van der Waals surface area contributed by atoms with Gasteiger partial charge in [-0.15, -0.1) is 0 Å². The second-order valence-electron chi connectivity index (χ2n) is 10.4. The van der Waals surface area contributed by atoms with Gasteiger partial charge in [0.05, 0.1) is 0 Å². The van der Waals surface area contributed by atoms with Gasteiger partial charge in [-0.3, -0.25) is 4.79 Å². The predicted molar refractivity (Wildman–Crippen MR) is 137 cm³/mol. The first-order chi connectivity index (χ1) is 17.2. The molecular weight excluding hydrogens is 485 g/mol. The second kappa shape index (κ2) is 11.1. The molecule has 196 valence electrons. The standard InChI is InChI=1S/C29H36ClF3N2O/c1-3-23(28(4-2)16-8-11-25-24(28)12-13-26(30)34-25)27(36)35-18-15-21(20-9-6-5-7-10-20)19-22(35)14-17-29(31,32)33/h5-7,9-10,12-13,21-23H,3-4,8,11,14-19H2,1-2H3/t21-,22?,23+,28+/m1/s1. The van der Waals surface area contributed by atoms with Gasteiger partial charge in [-0.1, -0.05) is 61.8 Å². The number of halogens is 4. The summed E-state index contributed by atoms with van der Waals surface area (Å²) in [6.07, 6.45) is 0.210. The van der Waals surface area contributed by atoms with E-state index in [0.717, 1.165) is 48.9 Å². The maximum atomic E-state index is 14.2. The fourth-order valence-corrected chi connectivity index (χ4v) is 6.94. The number of aromatic nitrogens is 1. The van der Waals surface area contributed by atoms with Crippen molar-refractivity contribution in [3.05, 3.63) is 64.4 Å². The molecule has 0 saturated carbocycles. The van der Waals surface area contributed by atoms with E-state index < -0.39 is 18.6 Å². The molecule has 3 nitrogen and oxygen atoms in total. The molecule has 0 spiro atoms. The molecule has 2 aliphatic rings. The van der Waals surface area contributed by atoms with E-state index in [1.54, 1.807) is 11.0 Å². The van der Waals surface area contributed by atoms with Crippen LogP contribution in [0, 0.1) is 5.92 Å². The zero-order valence-corrected chi connectivity index (χ0v) is 21.9. The number of nitrogens with zero attached hydrogens (tertiary/aromatic N) is 2. The number of benzene rings is 1. The van der Waals surface area contributed by atoms with Crippen molar-refractivity contribution < 1.29 is 18.0 Å². The third kappa shape index (κ3) is 5.58. The van der Waals surface area contributed by atoms with Gasteiger partial charge in [0, 0.05) is 36.0 Å². The van der Waals surface area contributed by atoms with E-state index in [1.807, 2.05) is 43.3 Å². The van der Waals surface area contributed by atoms with Crippen LogP contribution in [0.5, 0.6) is 0 Å². The average Bonchev–Trinajstić information content (AvgIpc) is 2.87. The van der Waals surface area contributed by atoms with Gasteiger partial charge in [0.25, 0.3) is 0 Å². The fraction of sp³-hybridized carbons (Fsp3) is 0.586. The molecule has 2 aromatic rings. The highest BCUT2D eigenvalue weighted by molar-refractivity contribution is 6.29. The minimum atomic E-state index is -4.24. The van der Waals surface area contributed by atoms with Crippen LogP contribution in [0.4, 0.5) is 13.2 Å². The van der Waals surface area contributed by atoms with E-state index in [1.165, 1.54) is 0 Å². The van der Waals surface area contributed by atoms with Crippen LogP contribution in [0.3, 0.4) is 0 Å². The molecule has 0 bridgehead atoms. The van der Waals surface area contributed by atoms with Gasteiger partial charge in [-0.05, 0) is 74.5 Å². The number of fused-ring (bicyclic) bond motifs is 1. The lowest BCUT2D eigenvalue weighted by atomic mass is 9.61. The second-order valence-corrected chi connectivity index (χ2v) is 10.8. The molecule has 1 aliphatic carbocycles. The summed E-state index contributed by atoms with van der Waals surface area (Å²) in [4.78, 5) is 20.6. The molecule has 1 amide bonds. The number of pyridine rings is 1. The third-order valence-corrected chi connectivity index (χ3v) is 8.76. The SMILES string of the molecule is CC[C@@H](C(=O)N1CC[C@@H](c2ccccc2)CC1CCC(F)(F)F)[C@]1(CC)CCCc2nc(Cl)ccc21. The number of alkyl halides is 3. The lowest BCUT2D eigenvalue weighted by Crippen LogP contribution is -2.53. The first kappa shape index (κ1) is 27.0. The molecule has 1 aromatic carbocycles. The number of piperidine rings is 1. The van der Waals surface area contributed by atoms with E-state index >= 15 is 0 Å². The van der Waals surface area contributed by atoms with Gasteiger partial charge in [-0.2, -0.15) is 13.2 Å². The van der Waals surface area contributed by atoms with Crippen LogP contribution in [0.2, 0.25) is 5.15 Å². The lowest BCUT2D eigenvalue weighted by Gasteiger charge is -2.48. The van der Waals surface area contributed by atoms with Crippen molar-refractivity contribution in [2.24, 2.45) is 5.92 Å². The van der Waals surface area contributed by atoms with Crippen LogP contribution >= 0.6 is 11.6 Å². The minimum Gasteiger partial charge on any atom is -0.339 e. The molecule has 4 rings (SSSR count). The van der Waals surface area contributed by atoms with Crippen LogP contribution in [-0.4, -0.2) is 34.6 Å². The Kier molecular flexibility index (Phi) is 8.33. The van der Waals surface area contributed by atoms with Gasteiger partial charge in [0.15, 0.2) is 0 Å². The van der Waals surface area contributed by atoms with Gasteiger partial charge in [-0.25, -0.2) is 4.98 Å². The van der Waals surface area contributed by atoms with E-state index in [4.69, 9.17) is 11.6 Å². The zero-order chi connectivity index (χ0) is 25.9. The van der Waals surface area contributed by atoms with Crippen LogP contribution in [0.25, 0.3) is 0 Å². The molecule has 36 heavy (non-hydrogen) atoms. The quantitative estimate of drug-likeness (QED) is 0.348. The molecule has 1 aromatic heterocycles. The average molecular weight is 521 g/mol. The van der Waals surface area contributed by atoms with E-state index in [2.05, 4.69) is 11.9 Å².